The molecular formula is C24H32N4O3. The second-order valence-corrected chi connectivity index (χ2v) is 7.65. The first kappa shape index (κ1) is 22.6. The van der Waals surface area contributed by atoms with Gasteiger partial charge in [-0.3, -0.25) is 14.5 Å². The van der Waals surface area contributed by atoms with E-state index in [1.54, 1.807) is 7.11 Å². The van der Waals surface area contributed by atoms with Gasteiger partial charge in [0.25, 0.3) is 0 Å². The molecule has 1 heterocycles. The summed E-state index contributed by atoms with van der Waals surface area (Å²) in [5.41, 5.74) is 3.04. The SMILES string of the molecule is CCc1ccccc1NC(=O)CNC(=O)CN1CCCN(c2ccc(OC)cc2)CC1. The number of carbonyl (C=O) groups is 2. The average molecular weight is 425 g/mol. The summed E-state index contributed by atoms with van der Waals surface area (Å²) >= 11 is 0. The van der Waals surface area contributed by atoms with Gasteiger partial charge in [-0.05, 0) is 48.7 Å². The van der Waals surface area contributed by atoms with Crippen LogP contribution in [-0.2, 0) is 16.0 Å². The number of methoxy groups -OCH3 is 1. The van der Waals surface area contributed by atoms with Gasteiger partial charge in [-0.25, -0.2) is 0 Å². The van der Waals surface area contributed by atoms with Crippen LogP contribution in [0.2, 0.25) is 0 Å². The molecule has 1 aliphatic heterocycles. The van der Waals surface area contributed by atoms with Crippen LogP contribution in [0.15, 0.2) is 48.5 Å². The Labute approximate surface area is 184 Å². The number of hydrogen-bond acceptors (Lipinski definition) is 5. The monoisotopic (exact) mass is 424 g/mol. The zero-order valence-corrected chi connectivity index (χ0v) is 18.4. The Morgan fingerprint density at radius 3 is 2.48 bits per heavy atom. The molecule has 0 aliphatic carbocycles. The zero-order chi connectivity index (χ0) is 22.1. The molecule has 2 aromatic carbocycles. The second kappa shape index (κ2) is 11.4. The van der Waals surface area contributed by atoms with Crippen molar-refractivity contribution in [2.75, 3.05) is 56.6 Å². The number of para-hydroxylation sites is 1. The Morgan fingerprint density at radius 2 is 1.74 bits per heavy atom. The minimum atomic E-state index is -0.212. The van der Waals surface area contributed by atoms with Crippen LogP contribution in [0.5, 0.6) is 5.75 Å². The summed E-state index contributed by atoms with van der Waals surface area (Å²) in [4.78, 5) is 29.1. The number of anilines is 2. The number of hydrogen-bond donors (Lipinski definition) is 2. The van der Waals surface area contributed by atoms with Crippen molar-refractivity contribution >= 4 is 23.2 Å². The van der Waals surface area contributed by atoms with E-state index in [-0.39, 0.29) is 18.4 Å². The number of rotatable bonds is 8. The predicted molar refractivity (Wildman–Crippen MR) is 124 cm³/mol. The van der Waals surface area contributed by atoms with Gasteiger partial charge in [0, 0.05) is 37.6 Å². The van der Waals surface area contributed by atoms with Gasteiger partial charge in [-0.2, -0.15) is 0 Å². The molecule has 0 atom stereocenters. The number of nitrogens with one attached hydrogen (secondary N) is 2. The zero-order valence-electron chi connectivity index (χ0n) is 18.4. The molecule has 166 valence electrons. The Balaban J connectivity index is 1.42. The summed E-state index contributed by atoms with van der Waals surface area (Å²) in [6.45, 7) is 5.78. The van der Waals surface area contributed by atoms with Crippen molar-refractivity contribution in [3.63, 3.8) is 0 Å². The van der Waals surface area contributed by atoms with Gasteiger partial charge in [-0.1, -0.05) is 25.1 Å². The maximum atomic E-state index is 12.4. The van der Waals surface area contributed by atoms with E-state index in [1.165, 1.54) is 0 Å². The molecule has 0 aromatic heterocycles. The highest BCUT2D eigenvalue weighted by atomic mass is 16.5. The summed E-state index contributed by atoms with van der Waals surface area (Å²) in [5.74, 6) is 0.506. The number of benzene rings is 2. The van der Waals surface area contributed by atoms with Gasteiger partial charge < -0.3 is 20.3 Å². The maximum Gasteiger partial charge on any atom is 0.243 e. The third-order valence-corrected chi connectivity index (χ3v) is 5.51. The van der Waals surface area contributed by atoms with Crippen LogP contribution in [0, 0.1) is 0 Å². The highest BCUT2D eigenvalue weighted by Crippen LogP contribution is 2.20. The van der Waals surface area contributed by atoms with Crippen LogP contribution in [-0.4, -0.2) is 63.1 Å². The van der Waals surface area contributed by atoms with Crippen molar-refractivity contribution in [1.82, 2.24) is 10.2 Å². The molecule has 0 unspecified atom stereocenters. The van der Waals surface area contributed by atoms with Crippen LogP contribution in [0.4, 0.5) is 11.4 Å². The van der Waals surface area contributed by atoms with Crippen LogP contribution in [0.3, 0.4) is 0 Å². The molecule has 1 fully saturated rings. The lowest BCUT2D eigenvalue weighted by Crippen LogP contribution is -2.41. The van der Waals surface area contributed by atoms with Crippen LogP contribution >= 0.6 is 0 Å². The first-order valence-electron chi connectivity index (χ1n) is 10.8. The fourth-order valence-corrected chi connectivity index (χ4v) is 3.76. The molecule has 7 nitrogen and oxygen atoms in total. The van der Waals surface area contributed by atoms with Crippen LogP contribution in [0.25, 0.3) is 0 Å². The number of nitrogens with zero attached hydrogens (tertiary/aromatic N) is 2. The lowest BCUT2D eigenvalue weighted by molar-refractivity contribution is -0.125. The molecular weight excluding hydrogens is 392 g/mol. The van der Waals surface area contributed by atoms with Crippen molar-refractivity contribution in [2.24, 2.45) is 0 Å². The van der Waals surface area contributed by atoms with E-state index in [4.69, 9.17) is 4.74 Å². The molecule has 3 rings (SSSR count). The highest BCUT2D eigenvalue weighted by molar-refractivity contribution is 5.95. The summed E-state index contributed by atoms with van der Waals surface area (Å²) in [7, 11) is 1.66. The third-order valence-electron chi connectivity index (χ3n) is 5.51. The average Bonchev–Trinajstić information content (AvgIpc) is 3.03. The Morgan fingerprint density at radius 1 is 0.968 bits per heavy atom. The highest BCUT2D eigenvalue weighted by Gasteiger charge is 2.18. The van der Waals surface area contributed by atoms with Crippen molar-refractivity contribution < 1.29 is 14.3 Å². The number of carbonyl (C=O) groups excluding carboxylic acids is 2. The Hall–Kier alpha value is -3.06. The summed E-state index contributed by atoms with van der Waals surface area (Å²) < 4.78 is 5.23. The van der Waals surface area contributed by atoms with Crippen molar-refractivity contribution in [3.05, 3.63) is 54.1 Å². The fraction of sp³-hybridized carbons (Fsp3) is 0.417. The predicted octanol–water partition coefficient (Wildman–Crippen LogP) is 2.52. The minimum absolute atomic E-state index is 0.0251. The molecule has 2 N–H and O–H groups in total. The van der Waals surface area contributed by atoms with Crippen molar-refractivity contribution in [3.8, 4) is 5.75 Å². The smallest absolute Gasteiger partial charge is 0.243 e. The Bertz CT molecular complexity index is 869. The third kappa shape index (κ3) is 6.72. The largest absolute Gasteiger partial charge is 0.497 e. The first-order valence-corrected chi connectivity index (χ1v) is 10.8. The first-order chi connectivity index (χ1) is 15.1. The lowest BCUT2D eigenvalue weighted by Gasteiger charge is -2.23. The second-order valence-electron chi connectivity index (χ2n) is 7.65. The van der Waals surface area contributed by atoms with Gasteiger partial charge in [-0.15, -0.1) is 0 Å². The summed E-state index contributed by atoms with van der Waals surface area (Å²) in [6.07, 6.45) is 1.82. The molecule has 0 saturated carbocycles. The molecule has 31 heavy (non-hydrogen) atoms. The molecule has 2 aromatic rings. The van der Waals surface area contributed by atoms with Crippen LogP contribution < -0.4 is 20.3 Å². The van der Waals surface area contributed by atoms with E-state index in [1.807, 2.05) is 43.3 Å². The van der Waals surface area contributed by atoms with E-state index < -0.39 is 0 Å². The Kier molecular flexibility index (Phi) is 8.29. The van der Waals surface area contributed by atoms with Gasteiger partial charge in [0.05, 0.1) is 20.2 Å². The van der Waals surface area contributed by atoms with E-state index in [0.717, 1.165) is 61.7 Å². The molecule has 0 bridgehead atoms. The summed E-state index contributed by atoms with van der Waals surface area (Å²) in [5, 5.41) is 5.62. The van der Waals surface area contributed by atoms with E-state index in [9.17, 15) is 9.59 Å². The standard InChI is InChI=1S/C24H32N4O3/c1-3-19-7-4-5-8-22(19)26-23(29)17-25-24(30)18-27-13-6-14-28(16-15-27)20-9-11-21(31-2)12-10-20/h4-5,7-12H,3,6,13-18H2,1-2H3,(H,25,30)(H,26,29). The summed E-state index contributed by atoms with van der Waals surface area (Å²) in [6, 6.07) is 15.8. The maximum absolute atomic E-state index is 12.4. The molecule has 0 radical (unpaired) electrons. The molecule has 7 heteroatoms. The van der Waals surface area contributed by atoms with E-state index in [0.29, 0.717) is 6.54 Å². The molecule has 2 amide bonds. The minimum Gasteiger partial charge on any atom is -0.497 e. The van der Waals surface area contributed by atoms with Gasteiger partial charge >= 0.3 is 0 Å². The lowest BCUT2D eigenvalue weighted by atomic mass is 10.1. The number of ether oxygens (including phenoxy) is 1. The quantitative estimate of drug-likeness (QED) is 0.681. The fourth-order valence-electron chi connectivity index (χ4n) is 3.76. The number of aryl methyl sites for hydroxylation is 1. The normalized spacial score (nSPS) is 14.6. The topological polar surface area (TPSA) is 73.9 Å². The van der Waals surface area contributed by atoms with Gasteiger partial charge in [0.2, 0.25) is 11.8 Å². The van der Waals surface area contributed by atoms with Crippen molar-refractivity contribution in [1.29, 1.82) is 0 Å². The van der Waals surface area contributed by atoms with Crippen molar-refractivity contribution in [2.45, 2.75) is 19.8 Å². The van der Waals surface area contributed by atoms with E-state index >= 15 is 0 Å². The van der Waals surface area contributed by atoms with Crippen LogP contribution in [0.1, 0.15) is 18.9 Å². The molecule has 0 spiro atoms. The number of amides is 2. The van der Waals surface area contributed by atoms with Gasteiger partial charge in [0.15, 0.2) is 0 Å². The molecule has 1 aliphatic rings. The van der Waals surface area contributed by atoms with Gasteiger partial charge in [0.1, 0.15) is 5.75 Å². The molecule has 1 saturated heterocycles. The van der Waals surface area contributed by atoms with E-state index in [2.05, 4.69) is 32.6 Å².